The summed E-state index contributed by atoms with van der Waals surface area (Å²) < 4.78 is 28.1. The SMILES string of the molecule is CC(C)n1ncc2cc(C(=O)N[C@H](C)c3ccc(F)c(F)c3)cnc21. The van der Waals surface area contributed by atoms with Crippen LogP contribution in [0.4, 0.5) is 8.78 Å². The van der Waals surface area contributed by atoms with Gasteiger partial charge in [-0.3, -0.25) is 4.79 Å². The number of hydrogen-bond donors (Lipinski definition) is 1. The summed E-state index contributed by atoms with van der Waals surface area (Å²) >= 11 is 0. The molecule has 0 radical (unpaired) electrons. The van der Waals surface area contributed by atoms with E-state index in [9.17, 15) is 13.6 Å². The van der Waals surface area contributed by atoms with E-state index >= 15 is 0 Å². The Morgan fingerprint density at radius 2 is 1.88 bits per heavy atom. The highest BCUT2D eigenvalue weighted by Gasteiger charge is 2.15. The van der Waals surface area contributed by atoms with Crippen LogP contribution in [0.3, 0.4) is 0 Å². The van der Waals surface area contributed by atoms with E-state index in [0.29, 0.717) is 16.8 Å². The molecule has 0 aliphatic heterocycles. The number of aromatic nitrogens is 3. The number of hydrogen-bond acceptors (Lipinski definition) is 3. The zero-order chi connectivity index (χ0) is 18.1. The van der Waals surface area contributed by atoms with Crippen LogP contribution in [0.5, 0.6) is 0 Å². The van der Waals surface area contributed by atoms with Crippen molar-refractivity contribution in [2.24, 2.45) is 0 Å². The number of nitrogens with zero attached hydrogens (tertiary/aromatic N) is 3. The van der Waals surface area contributed by atoms with Gasteiger partial charge in [0, 0.05) is 17.6 Å². The maximum Gasteiger partial charge on any atom is 0.253 e. The highest BCUT2D eigenvalue weighted by molar-refractivity contribution is 5.97. The first-order chi connectivity index (χ1) is 11.9. The number of carbonyl (C=O) groups is 1. The Balaban J connectivity index is 1.80. The molecule has 0 saturated carbocycles. The summed E-state index contributed by atoms with van der Waals surface area (Å²) in [6, 6.07) is 4.96. The van der Waals surface area contributed by atoms with Crippen LogP contribution in [-0.2, 0) is 0 Å². The average Bonchev–Trinajstić information content (AvgIpc) is 3.00. The molecule has 5 nitrogen and oxygen atoms in total. The monoisotopic (exact) mass is 344 g/mol. The van der Waals surface area contributed by atoms with Gasteiger partial charge in [-0.25, -0.2) is 18.4 Å². The largest absolute Gasteiger partial charge is 0.345 e. The van der Waals surface area contributed by atoms with Gasteiger partial charge in [-0.2, -0.15) is 5.10 Å². The zero-order valence-corrected chi connectivity index (χ0v) is 14.1. The highest BCUT2D eigenvalue weighted by atomic mass is 19.2. The predicted octanol–water partition coefficient (Wildman–Crippen LogP) is 3.78. The molecule has 0 fully saturated rings. The second kappa shape index (κ2) is 6.58. The molecular formula is C18H18F2N4O. The lowest BCUT2D eigenvalue weighted by atomic mass is 10.1. The molecule has 1 aromatic carbocycles. The Kier molecular flexibility index (Phi) is 4.48. The Morgan fingerprint density at radius 1 is 1.12 bits per heavy atom. The first-order valence-corrected chi connectivity index (χ1v) is 7.96. The van der Waals surface area contributed by atoms with Gasteiger partial charge in [-0.1, -0.05) is 6.07 Å². The smallest absolute Gasteiger partial charge is 0.253 e. The molecule has 130 valence electrons. The van der Waals surface area contributed by atoms with E-state index in [4.69, 9.17) is 0 Å². The molecule has 3 aromatic rings. The number of pyridine rings is 1. The van der Waals surface area contributed by atoms with Crippen molar-refractivity contribution in [2.45, 2.75) is 32.9 Å². The second-order valence-corrected chi connectivity index (χ2v) is 6.19. The molecule has 0 bridgehead atoms. The van der Waals surface area contributed by atoms with Crippen LogP contribution in [0.1, 0.15) is 48.8 Å². The summed E-state index contributed by atoms with van der Waals surface area (Å²) in [7, 11) is 0. The minimum Gasteiger partial charge on any atom is -0.345 e. The summed E-state index contributed by atoms with van der Waals surface area (Å²) in [5.41, 5.74) is 1.57. The number of fused-ring (bicyclic) bond motifs is 1. The van der Waals surface area contributed by atoms with Gasteiger partial charge in [0.05, 0.1) is 17.8 Å². The second-order valence-electron chi connectivity index (χ2n) is 6.19. The van der Waals surface area contributed by atoms with Crippen molar-refractivity contribution in [1.29, 1.82) is 0 Å². The maximum absolute atomic E-state index is 13.3. The average molecular weight is 344 g/mol. The molecular weight excluding hydrogens is 326 g/mol. The molecule has 3 rings (SSSR count). The molecule has 25 heavy (non-hydrogen) atoms. The number of carbonyl (C=O) groups excluding carboxylic acids is 1. The summed E-state index contributed by atoms with van der Waals surface area (Å²) in [5.74, 6) is -2.20. The zero-order valence-electron chi connectivity index (χ0n) is 14.1. The van der Waals surface area contributed by atoms with Crippen molar-refractivity contribution in [3.05, 3.63) is 59.4 Å². The Hall–Kier alpha value is -2.83. The van der Waals surface area contributed by atoms with Crippen LogP contribution in [0, 0.1) is 11.6 Å². The Bertz CT molecular complexity index is 936. The number of halogens is 2. The Labute approximate surface area is 143 Å². The van der Waals surface area contributed by atoms with E-state index in [2.05, 4.69) is 15.4 Å². The summed E-state index contributed by atoms with van der Waals surface area (Å²) in [6.45, 7) is 5.70. The predicted molar refractivity (Wildman–Crippen MR) is 90.2 cm³/mol. The van der Waals surface area contributed by atoms with Crippen molar-refractivity contribution in [3.8, 4) is 0 Å². The molecule has 7 heteroatoms. The topological polar surface area (TPSA) is 59.8 Å². The quantitative estimate of drug-likeness (QED) is 0.783. The van der Waals surface area contributed by atoms with Gasteiger partial charge in [0.25, 0.3) is 5.91 Å². The molecule has 1 atom stereocenters. The van der Waals surface area contributed by atoms with Crippen LogP contribution in [0.2, 0.25) is 0 Å². The lowest BCUT2D eigenvalue weighted by molar-refractivity contribution is 0.0939. The molecule has 0 aliphatic rings. The van der Waals surface area contributed by atoms with Gasteiger partial charge in [0.15, 0.2) is 17.3 Å². The van der Waals surface area contributed by atoms with Crippen LogP contribution in [-0.4, -0.2) is 20.7 Å². The summed E-state index contributed by atoms with van der Waals surface area (Å²) in [6.07, 6.45) is 3.15. The van der Waals surface area contributed by atoms with Crippen molar-refractivity contribution >= 4 is 16.9 Å². The van der Waals surface area contributed by atoms with Crippen molar-refractivity contribution in [3.63, 3.8) is 0 Å². The van der Waals surface area contributed by atoms with Gasteiger partial charge >= 0.3 is 0 Å². The molecule has 0 saturated heterocycles. The number of amides is 1. The molecule has 0 spiro atoms. The third kappa shape index (κ3) is 3.35. The number of rotatable bonds is 4. The van der Waals surface area contributed by atoms with Crippen LogP contribution < -0.4 is 5.32 Å². The molecule has 2 heterocycles. The normalized spacial score (nSPS) is 12.6. The lowest BCUT2D eigenvalue weighted by Crippen LogP contribution is -2.26. The Morgan fingerprint density at radius 3 is 2.56 bits per heavy atom. The minimum absolute atomic E-state index is 0.165. The molecule has 1 N–H and O–H groups in total. The van der Waals surface area contributed by atoms with Crippen molar-refractivity contribution < 1.29 is 13.6 Å². The molecule has 0 aliphatic carbocycles. The molecule has 0 unspecified atom stereocenters. The number of benzene rings is 1. The maximum atomic E-state index is 13.3. The first kappa shape index (κ1) is 17.0. The van der Waals surface area contributed by atoms with Crippen molar-refractivity contribution in [2.75, 3.05) is 0 Å². The van der Waals surface area contributed by atoms with E-state index < -0.39 is 17.7 Å². The standard InChI is InChI=1S/C18H18F2N4O/c1-10(2)24-17-13(9-22-24)6-14(8-21-17)18(25)23-11(3)12-4-5-15(19)16(20)7-12/h4-11H,1-3H3,(H,23,25)/t11-/m1/s1. The van der Waals surface area contributed by atoms with Gasteiger partial charge < -0.3 is 5.32 Å². The van der Waals surface area contributed by atoms with E-state index in [1.807, 2.05) is 13.8 Å². The van der Waals surface area contributed by atoms with E-state index in [1.165, 1.54) is 12.3 Å². The van der Waals surface area contributed by atoms with Crippen LogP contribution >= 0.6 is 0 Å². The van der Waals surface area contributed by atoms with Gasteiger partial charge in [0.1, 0.15) is 0 Å². The third-order valence-electron chi connectivity index (χ3n) is 3.98. The minimum atomic E-state index is -0.942. The van der Waals surface area contributed by atoms with Crippen molar-refractivity contribution in [1.82, 2.24) is 20.1 Å². The first-order valence-electron chi connectivity index (χ1n) is 7.96. The van der Waals surface area contributed by atoms with Gasteiger partial charge in [-0.15, -0.1) is 0 Å². The van der Waals surface area contributed by atoms with E-state index in [0.717, 1.165) is 17.5 Å². The van der Waals surface area contributed by atoms with Gasteiger partial charge in [-0.05, 0) is 44.5 Å². The van der Waals surface area contributed by atoms with E-state index in [-0.39, 0.29) is 11.9 Å². The fourth-order valence-electron chi connectivity index (χ4n) is 2.59. The van der Waals surface area contributed by atoms with E-state index in [1.54, 1.807) is 23.9 Å². The summed E-state index contributed by atoms with van der Waals surface area (Å²) in [5, 5.41) is 7.79. The highest BCUT2D eigenvalue weighted by Crippen LogP contribution is 2.19. The van der Waals surface area contributed by atoms with Gasteiger partial charge in [0.2, 0.25) is 0 Å². The molecule has 2 aromatic heterocycles. The molecule has 1 amide bonds. The fraction of sp³-hybridized carbons (Fsp3) is 0.278. The van der Waals surface area contributed by atoms with Crippen LogP contribution in [0.15, 0.2) is 36.7 Å². The summed E-state index contributed by atoms with van der Waals surface area (Å²) in [4.78, 5) is 16.7. The van der Waals surface area contributed by atoms with Crippen LogP contribution in [0.25, 0.3) is 11.0 Å². The fourth-order valence-corrected chi connectivity index (χ4v) is 2.59. The lowest BCUT2D eigenvalue weighted by Gasteiger charge is -2.14. The third-order valence-corrected chi connectivity index (χ3v) is 3.98. The number of nitrogens with one attached hydrogen (secondary N) is 1.